The minimum atomic E-state index is -0.618. The van der Waals surface area contributed by atoms with E-state index in [1.54, 1.807) is 13.8 Å². The summed E-state index contributed by atoms with van der Waals surface area (Å²) < 4.78 is 13.6. The number of thiophene rings is 1. The van der Waals surface area contributed by atoms with Gasteiger partial charge in [-0.05, 0) is 45.7 Å². The van der Waals surface area contributed by atoms with Gasteiger partial charge in [-0.3, -0.25) is 18.7 Å². The fourth-order valence-corrected chi connectivity index (χ4v) is 4.89. The lowest BCUT2D eigenvalue weighted by Crippen LogP contribution is -2.42. The van der Waals surface area contributed by atoms with Crippen LogP contribution in [0.25, 0.3) is 10.2 Å². The van der Waals surface area contributed by atoms with Gasteiger partial charge in [-0.2, -0.15) is 0 Å². The molecular weight excluding hydrogens is 444 g/mol. The number of hydrogen-bond donors (Lipinski definition) is 0. The van der Waals surface area contributed by atoms with E-state index in [9.17, 15) is 19.2 Å². The highest BCUT2D eigenvalue weighted by Crippen LogP contribution is 2.30. The van der Waals surface area contributed by atoms with Gasteiger partial charge in [0.2, 0.25) is 0 Å². The predicted molar refractivity (Wildman–Crippen MR) is 127 cm³/mol. The first-order chi connectivity index (χ1) is 15.6. The first-order valence-corrected chi connectivity index (χ1v) is 11.6. The average Bonchev–Trinajstić information content (AvgIpc) is 3.11. The maximum Gasteiger partial charge on any atom is 0.348 e. The maximum atomic E-state index is 13.4. The number of rotatable bonds is 9. The Balaban J connectivity index is 2.29. The van der Waals surface area contributed by atoms with Crippen molar-refractivity contribution in [3.8, 4) is 0 Å². The van der Waals surface area contributed by atoms with Crippen molar-refractivity contribution in [1.29, 1.82) is 0 Å². The average molecular weight is 473 g/mol. The molecule has 1 atom stereocenters. The quantitative estimate of drug-likeness (QED) is 0.443. The zero-order chi connectivity index (χ0) is 24.3. The molecule has 0 aliphatic rings. The van der Waals surface area contributed by atoms with Gasteiger partial charge in [-0.1, -0.05) is 30.3 Å². The summed E-state index contributed by atoms with van der Waals surface area (Å²) in [4.78, 5) is 51.6. The molecule has 176 valence electrons. The number of nitrogens with zero attached hydrogens (tertiary/aromatic N) is 2. The molecule has 0 fully saturated rings. The molecule has 9 heteroatoms. The van der Waals surface area contributed by atoms with E-state index < -0.39 is 23.3 Å². The van der Waals surface area contributed by atoms with Crippen LogP contribution in [0.1, 0.15) is 54.6 Å². The molecule has 33 heavy (non-hydrogen) atoms. The van der Waals surface area contributed by atoms with Crippen LogP contribution in [0.2, 0.25) is 0 Å². The number of aromatic nitrogens is 2. The molecule has 0 unspecified atom stereocenters. The van der Waals surface area contributed by atoms with E-state index in [2.05, 4.69) is 0 Å². The van der Waals surface area contributed by atoms with E-state index in [1.807, 2.05) is 44.2 Å². The second-order valence-corrected chi connectivity index (χ2v) is 9.03. The van der Waals surface area contributed by atoms with Gasteiger partial charge in [-0.25, -0.2) is 9.59 Å². The Bertz CT molecular complexity index is 1290. The van der Waals surface area contributed by atoms with Crippen molar-refractivity contribution in [3.63, 3.8) is 0 Å². The molecule has 0 saturated heterocycles. The zero-order valence-electron chi connectivity index (χ0n) is 19.4. The highest BCUT2D eigenvalue weighted by atomic mass is 32.1. The van der Waals surface area contributed by atoms with Crippen LogP contribution in [0, 0.1) is 6.92 Å². The Kier molecular flexibility index (Phi) is 7.65. The van der Waals surface area contributed by atoms with Crippen LogP contribution in [-0.4, -0.2) is 33.6 Å². The molecule has 2 aromatic heterocycles. The van der Waals surface area contributed by atoms with Crippen LogP contribution in [0.5, 0.6) is 0 Å². The van der Waals surface area contributed by atoms with Crippen LogP contribution in [0.15, 0.2) is 39.9 Å². The molecule has 3 aromatic rings. The largest absolute Gasteiger partial charge is 0.462 e. The summed E-state index contributed by atoms with van der Waals surface area (Å²) in [6.07, 6.45) is -0.603. The normalized spacial score (nSPS) is 12.3. The number of esters is 1. The number of aryl methyl sites for hydroxylation is 1. The van der Waals surface area contributed by atoms with E-state index in [-0.39, 0.29) is 41.8 Å². The predicted octanol–water partition coefficient (Wildman–Crippen LogP) is 3.47. The lowest BCUT2D eigenvalue weighted by Gasteiger charge is -2.23. The zero-order valence-corrected chi connectivity index (χ0v) is 20.2. The summed E-state index contributed by atoms with van der Waals surface area (Å²) in [5.74, 6) is -0.873. The molecule has 0 aliphatic heterocycles. The molecule has 0 saturated carbocycles. The van der Waals surface area contributed by atoms with Crippen molar-refractivity contribution >= 4 is 33.3 Å². The molecule has 8 nitrogen and oxygen atoms in total. The summed E-state index contributed by atoms with van der Waals surface area (Å²) >= 11 is 1.05. The Hall–Kier alpha value is -3.04. The van der Waals surface area contributed by atoms with Gasteiger partial charge in [0.1, 0.15) is 21.6 Å². The standard InChI is InChI=1S/C24H28N2O6S/c1-6-31-23(29)20-16(5)19-21(28)25(12-15(4)27)24(30)26(22(19)33-20)13-18(32-14(2)3)17-10-8-7-9-11-17/h7-11,14,18H,6,12-13H2,1-5H3/t18-/m1/s1. The van der Waals surface area contributed by atoms with Crippen molar-refractivity contribution in [2.75, 3.05) is 6.61 Å². The number of ketones is 1. The summed E-state index contributed by atoms with van der Waals surface area (Å²) in [5, 5.41) is 0.236. The Morgan fingerprint density at radius 1 is 1.09 bits per heavy atom. The van der Waals surface area contributed by atoms with Crippen LogP contribution in [-0.2, 0) is 27.4 Å². The van der Waals surface area contributed by atoms with Crippen LogP contribution < -0.4 is 11.2 Å². The number of ether oxygens (including phenoxy) is 2. The third-order valence-electron chi connectivity index (χ3n) is 5.09. The second-order valence-electron chi connectivity index (χ2n) is 8.03. The van der Waals surface area contributed by atoms with E-state index in [0.29, 0.717) is 10.4 Å². The van der Waals surface area contributed by atoms with Crippen molar-refractivity contribution in [2.24, 2.45) is 0 Å². The number of carbonyl (C=O) groups excluding carboxylic acids is 2. The highest BCUT2D eigenvalue weighted by molar-refractivity contribution is 7.20. The minimum absolute atomic E-state index is 0.109. The molecule has 0 amide bonds. The molecule has 0 radical (unpaired) electrons. The summed E-state index contributed by atoms with van der Waals surface area (Å²) in [6.45, 7) is 8.42. The fraction of sp³-hybridized carbons (Fsp3) is 0.417. The van der Waals surface area contributed by atoms with E-state index >= 15 is 0 Å². The highest BCUT2D eigenvalue weighted by Gasteiger charge is 2.26. The number of carbonyl (C=O) groups is 2. The van der Waals surface area contributed by atoms with Gasteiger partial charge >= 0.3 is 11.7 Å². The van der Waals surface area contributed by atoms with E-state index in [0.717, 1.165) is 21.5 Å². The van der Waals surface area contributed by atoms with Gasteiger partial charge in [-0.15, -0.1) is 11.3 Å². The SMILES string of the molecule is CCOC(=O)c1sc2c(c1C)c(=O)n(CC(C)=O)c(=O)n2C[C@@H](OC(C)C)c1ccccc1. The Morgan fingerprint density at radius 3 is 2.33 bits per heavy atom. The van der Waals surface area contributed by atoms with Gasteiger partial charge in [0.15, 0.2) is 0 Å². The molecule has 0 bridgehead atoms. The third kappa shape index (κ3) is 5.15. The Morgan fingerprint density at radius 2 is 1.76 bits per heavy atom. The summed E-state index contributed by atoms with van der Waals surface area (Å²) in [7, 11) is 0. The molecule has 0 aliphatic carbocycles. The molecule has 0 spiro atoms. The van der Waals surface area contributed by atoms with Crippen LogP contribution >= 0.6 is 11.3 Å². The first-order valence-electron chi connectivity index (χ1n) is 10.8. The molecule has 0 N–H and O–H groups in total. The molecule has 1 aromatic carbocycles. The molecule has 3 rings (SSSR count). The monoisotopic (exact) mass is 472 g/mol. The topological polar surface area (TPSA) is 96.6 Å². The number of benzene rings is 1. The fourth-order valence-electron chi connectivity index (χ4n) is 3.70. The lowest BCUT2D eigenvalue weighted by atomic mass is 10.1. The summed E-state index contributed by atoms with van der Waals surface area (Å²) in [6, 6.07) is 9.47. The number of fused-ring (bicyclic) bond motifs is 1. The maximum absolute atomic E-state index is 13.4. The molecule has 2 heterocycles. The van der Waals surface area contributed by atoms with Gasteiger partial charge in [0.05, 0.1) is 31.2 Å². The summed E-state index contributed by atoms with van der Waals surface area (Å²) in [5.41, 5.74) is 0.0967. The van der Waals surface area contributed by atoms with Crippen molar-refractivity contribution < 1.29 is 19.1 Å². The van der Waals surface area contributed by atoms with Gasteiger partial charge < -0.3 is 9.47 Å². The van der Waals surface area contributed by atoms with Gasteiger partial charge in [0, 0.05) is 0 Å². The van der Waals surface area contributed by atoms with Crippen LogP contribution in [0.4, 0.5) is 0 Å². The van der Waals surface area contributed by atoms with E-state index in [1.165, 1.54) is 11.5 Å². The van der Waals surface area contributed by atoms with Crippen molar-refractivity contribution in [1.82, 2.24) is 9.13 Å². The first kappa shape index (κ1) is 24.6. The smallest absolute Gasteiger partial charge is 0.348 e. The number of Topliss-reactive ketones (excluding diaryl/α,β-unsaturated/α-hetero) is 1. The van der Waals surface area contributed by atoms with Gasteiger partial charge in [0.25, 0.3) is 5.56 Å². The number of hydrogen-bond acceptors (Lipinski definition) is 7. The molecular formula is C24H28N2O6S. The minimum Gasteiger partial charge on any atom is -0.462 e. The van der Waals surface area contributed by atoms with Crippen molar-refractivity contribution in [3.05, 3.63) is 67.2 Å². The lowest BCUT2D eigenvalue weighted by molar-refractivity contribution is -0.117. The van der Waals surface area contributed by atoms with Crippen LogP contribution in [0.3, 0.4) is 0 Å². The van der Waals surface area contributed by atoms with E-state index in [4.69, 9.17) is 9.47 Å². The third-order valence-corrected chi connectivity index (χ3v) is 6.39. The second kappa shape index (κ2) is 10.3. The van der Waals surface area contributed by atoms with Crippen molar-refractivity contribution in [2.45, 2.75) is 59.9 Å². The Labute approximate surface area is 195 Å².